The first-order chi connectivity index (χ1) is 15.7. The zero-order valence-electron chi connectivity index (χ0n) is 21.6. The van der Waals surface area contributed by atoms with E-state index in [9.17, 15) is 9.59 Å². The van der Waals surface area contributed by atoms with Gasteiger partial charge in [-0.25, -0.2) is 0 Å². The summed E-state index contributed by atoms with van der Waals surface area (Å²) in [5.74, 6) is -0.566. The smallest absolute Gasteiger partial charge is 0.306 e. The van der Waals surface area contributed by atoms with Gasteiger partial charge in [0.15, 0.2) is 0 Å². The molecule has 190 valence electrons. The van der Waals surface area contributed by atoms with Crippen LogP contribution >= 0.6 is 0 Å². The molecule has 0 aromatic rings. The normalized spacial score (nSPS) is 10.9. The van der Waals surface area contributed by atoms with Crippen LogP contribution in [0.5, 0.6) is 0 Å². The van der Waals surface area contributed by atoms with Gasteiger partial charge in [-0.3, -0.25) is 9.59 Å². The second-order valence-corrected chi connectivity index (χ2v) is 9.30. The fraction of sp³-hybridized carbons (Fsp3) is 0.929. The number of ether oxygens (including phenoxy) is 2. The highest BCUT2D eigenvalue weighted by Crippen LogP contribution is 2.13. The maximum atomic E-state index is 11.7. The lowest BCUT2D eigenvalue weighted by atomic mass is 10.0. The molecule has 0 aromatic heterocycles. The molecule has 0 aliphatic rings. The lowest BCUT2D eigenvalue weighted by molar-refractivity contribution is -0.150. The third-order valence-electron chi connectivity index (χ3n) is 6.06. The Labute approximate surface area is 199 Å². The molecule has 0 aromatic carbocycles. The van der Waals surface area contributed by atoms with Crippen LogP contribution in [0.2, 0.25) is 0 Å². The molecule has 0 fully saturated rings. The van der Waals surface area contributed by atoms with Crippen molar-refractivity contribution >= 4 is 11.9 Å². The maximum Gasteiger partial charge on any atom is 0.306 e. The summed E-state index contributed by atoms with van der Waals surface area (Å²) in [5, 5.41) is 0. The second-order valence-electron chi connectivity index (χ2n) is 9.30. The fourth-order valence-electron chi connectivity index (χ4n) is 3.90. The molecule has 0 bridgehead atoms. The van der Waals surface area contributed by atoms with Crippen LogP contribution in [0.15, 0.2) is 0 Å². The predicted molar refractivity (Wildman–Crippen MR) is 135 cm³/mol. The van der Waals surface area contributed by atoms with Gasteiger partial charge in [0, 0.05) is 0 Å². The molecule has 0 amide bonds. The molecule has 4 nitrogen and oxygen atoms in total. The lowest BCUT2D eigenvalue weighted by Crippen LogP contribution is -2.11. The number of carbonyl (C=O) groups excluding carboxylic acids is 2. The van der Waals surface area contributed by atoms with Crippen molar-refractivity contribution in [3.8, 4) is 0 Å². The Kier molecular flexibility index (Phi) is 25.3. The van der Waals surface area contributed by atoms with Gasteiger partial charge in [-0.1, -0.05) is 129 Å². The topological polar surface area (TPSA) is 52.6 Å². The Balaban J connectivity index is 3.27. The molecule has 0 spiro atoms. The lowest BCUT2D eigenvalue weighted by Gasteiger charge is -2.06. The predicted octanol–water partition coefficient (Wildman–Crippen LogP) is 8.69. The number of hydrogen-bond donors (Lipinski definition) is 0. The fourth-order valence-corrected chi connectivity index (χ4v) is 3.90. The summed E-state index contributed by atoms with van der Waals surface area (Å²) in [6.07, 6.45) is 25.7. The molecule has 0 saturated carbocycles. The van der Waals surface area contributed by atoms with Gasteiger partial charge in [-0.15, -0.1) is 0 Å². The van der Waals surface area contributed by atoms with E-state index >= 15 is 0 Å². The zero-order valence-corrected chi connectivity index (χ0v) is 21.6. The van der Waals surface area contributed by atoms with Gasteiger partial charge in [0.2, 0.25) is 0 Å². The minimum absolute atomic E-state index is 0.132. The first kappa shape index (κ1) is 30.9. The molecule has 0 rings (SSSR count). The summed E-state index contributed by atoms with van der Waals surface area (Å²) in [4.78, 5) is 23.4. The highest BCUT2D eigenvalue weighted by molar-refractivity contribution is 5.77. The third-order valence-corrected chi connectivity index (χ3v) is 6.06. The quantitative estimate of drug-likeness (QED) is 0.102. The summed E-state index contributed by atoms with van der Waals surface area (Å²) in [6.45, 7) is 5.42. The highest BCUT2D eigenvalue weighted by atomic mass is 16.5. The molecule has 0 radical (unpaired) electrons. The van der Waals surface area contributed by atoms with Gasteiger partial charge in [0.25, 0.3) is 0 Å². The van der Waals surface area contributed by atoms with E-state index in [-0.39, 0.29) is 24.8 Å². The number of unbranched alkanes of at least 4 members (excludes halogenated alkanes) is 18. The molecular weight excluding hydrogens is 400 g/mol. The van der Waals surface area contributed by atoms with Crippen molar-refractivity contribution in [2.75, 3.05) is 13.2 Å². The number of esters is 2. The van der Waals surface area contributed by atoms with E-state index in [1.807, 2.05) is 0 Å². The molecule has 4 heteroatoms. The van der Waals surface area contributed by atoms with E-state index in [0.717, 1.165) is 25.7 Å². The standard InChI is InChI=1S/C28H54O4/c1-3-5-7-9-11-12-13-14-15-16-17-18-20-22-26-32-28(30)24-23-27(29)31-25-21-19-10-8-6-4-2/h3-26H2,1-2H3. The summed E-state index contributed by atoms with van der Waals surface area (Å²) in [6, 6.07) is 0. The van der Waals surface area contributed by atoms with E-state index in [0.29, 0.717) is 13.2 Å². The van der Waals surface area contributed by atoms with Gasteiger partial charge >= 0.3 is 11.9 Å². The third kappa shape index (κ3) is 25.2. The number of carbonyl (C=O) groups is 2. The average Bonchev–Trinajstić information content (AvgIpc) is 2.79. The molecule has 0 aliphatic carbocycles. The monoisotopic (exact) mass is 454 g/mol. The van der Waals surface area contributed by atoms with Crippen LogP contribution in [0, 0.1) is 0 Å². The summed E-state index contributed by atoms with van der Waals surface area (Å²) >= 11 is 0. The van der Waals surface area contributed by atoms with Gasteiger partial charge in [-0.2, -0.15) is 0 Å². The van der Waals surface area contributed by atoms with Crippen molar-refractivity contribution in [2.24, 2.45) is 0 Å². The molecule has 32 heavy (non-hydrogen) atoms. The minimum atomic E-state index is -0.285. The van der Waals surface area contributed by atoms with Gasteiger partial charge in [0.05, 0.1) is 26.1 Å². The number of rotatable bonds is 25. The maximum absolute atomic E-state index is 11.7. The van der Waals surface area contributed by atoms with E-state index < -0.39 is 0 Å². The summed E-state index contributed by atoms with van der Waals surface area (Å²) < 4.78 is 10.4. The van der Waals surface area contributed by atoms with Crippen molar-refractivity contribution in [3.63, 3.8) is 0 Å². The Hall–Kier alpha value is -1.06. The van der Waals surface area contributed by atoms with Crippen molar-refractivity contribution in [3.05, 3.63) is 0 Å². The van der Waals surface area contributed by atoms with Gasteiger partial charge in [-0.05, 0) is 12.8 Å². The Bertz CT molecular complexity index is 408. The Morgan fingerprint density at radius 3 is 0.938 bits per heavy atom. The van der Waals surface area contributed by atoms with E-state index in [2.05, 4.69) is 13.8 Å². The molecular formula is C28H54O4. The van der Waals surface area contributed by atoms with Crippen molar-refractivity contribution in [1.29, 1.82) is 0 Å². The van der Waals surface area contributed by atoms with Crippen LogP contribution in [0.3, 0.4) is 0 Å². The molecule has 0 N–H and O–H groups in total. The highest BCUT2D eigenvalue weighted by Gasteiger charge is 2.09. The van der Waals surface area contributed by atoms with Crippen LogP contribution in [0.1, 0.15) is 155 Å². The Morgan fingerprint density at radius 2 is 0.656 bits per heavy atom. The van der Waals surface area contributed by atoms with E-state index in [4.69, 9.17) is 9.47 Å². The van der Waals surface area contributed by atoms with E-state index in [1.165, 1.54) is 103 Å². The minimum Gasteiger partial charge on any atom is -0.466 e. The van der Waals surface area contributed by atoms with Crippen LogP contribution < -0.4 is 0 Å². The molecule has 0 atom stereocenters. The first-order valence-electron chi connectivity index (χ1n) is 14.0. The molecule has 0 aliphatic heterocycles. The van der Waals surface area contributed by atoms with Crippen molar-refractivity contribution in [2.45, 2.75) is 155 Å². The average molecular weight is 455 g/mol. The summed E-state index contributed by atoms with van der Waals surface area (Å²) in [7, 11) is 0. The molecule has 0 saturated heterocycles. The largest absolute Gasteiger partial charge is 0.466 e. The van der Waals surface area contributed by atoms with Crippen LogP contribution in [-0.4, -0.2) is 25.2 Å². The molecule has 0 unspecified atom stereocenters. The van der Waals surface area contributed by atoms with Crippen LogP contribution in [0.25, 0.3) is 0 Å². The first-order valence-corrected chi connectivity index (χ1v) is 14.0. The van der Waals surface area contributed by atoms with Crippen molar-refractivity contribution in [1.82, 2.24) is 0 Å². The van der Waals surface area contributed by atoms with Crippen molar-refractivity contribution < 1.29 is 19.1 Å². The van der Waals surface area contributed by atoms with E-state index in [1.54, 1.807) is 0 Å². The second kappa shape index (κ2) is 26.2. The van der Waals surface area contributed by atoms with Crippen LogP contribution in [-0.2, 0) is 19.1 Å². The zero-order chi connectivity index (χ0) is 23.5. The Morgan fingerprint density at radius 1 is 0.406 bits per heavy atom. The number of hydrogen-bond acceptors (Lipinski definition) is 4. The SMILES string of the molecule is CCCCCCCCCCCCCCCCOC(=O)CCC(=O)OCCCCCCCC. The van der Waals surface area contributed by atoms with Gasteiger partial charge in [0.1, 0.15) is 0 Å². The van der Waals surface area contributed by atoms with Crippen LogP contribution in [0.4, 0.5) is 0 Å². The molecule has 0 heterocycles. The van der Waals surface area contributed by atoms with Gasteiger partial charge < -0.3 is 9.47 Å². The summed E-state index contributed by atoms with van der Waals surface area (Å²) in [5.41, 5.74) is 0.